The van der Waals surface area contributed by atoms with Crippen molar-refractivity contribution in [2.45, 2.75) is 0 Å². The number of nitrogens with zero attached hydrogens (tertiary/aromatic N) is 1. The molecule has 2 N–H and O–H groups in total. The lowest BCUT2D eigenvalue weighted by molar-refractivity contribution is 1.29. The van der Waals surface area contributed by atoms with Crippen LogP contribution in [-0.4, -0.2) is 9.97 Å². The van der Waals surface area contributed by atoms with Gasteiger partial charge in [0.2, 0.25) is 0 Å². The fourth-order valence-corrected chi connectivity index (χ4v) is 1.70. The van der Waals surface area contributed by atoms with Crippen molar-refractivity contribution in [1.29, 1.82) is 0 Å². The molecule has 0 amide bonds. The zero-order chi connectivity index (χ0) is 13.0. The van der Waals surface area contributed by atoms with E-state index in [1.807, 2.05) is 42.5 Å². The Balaban J connectivity index is 2.20. The van der Waals surface area contributed by atoms with Gasteiger partial charge in [-0.15, -0.1) is 0 Å². The van der Waals surface area contributed by atoms with Crippen LogP contribution in [-0.2, 0) is 0 Å². The average Bonchev–Trinajstić information content (AvgIpc) is 2.38. The van der Waals surface area contributed by atoms with Gasteiger partial charge < -0.3 is 5.73 Å². The summed E-state index contributed by atoms with van der Waals surface area (Å²) in [6.07, 6.45) is 5.56. The molecule has 2 nitrogen and oxygen atoms in total. The minimum Gasteiger partial charge on any atom is -0.389 e. The first-order valence-electron chi connectivity index (χ1n) is 5.34. The number of pyridine rings is 1. The number of benzene rings is 1. The van der Waals surface area contributed by atoms with Crippen LogP contribution in [0.5, 0.6) is 0 Å². The monoisotopic (exact) mass is 274 g/mol. The smallest absolute Gasteiger partial charge is 0.104 e. The van der Waals surface area contributed by atoms with Crippen LogP contribution in [0.25, 0.3) is 12.2 Å². The van der Waals surface area contributed by atoms with E-state index in [4.69, 9.17) is 29.6 Å². The van der Waals surface area contributed by atoms with Gasteiger partial charge in [0.15, 0.2) is 0 Å². The van der Waals surface area contributed by atoms with Crippen molar-refractivity contribution in [2.75, 3.05) is 0 Å². The van der Waals surface area contributed by atoms with E-state index in [1.54, 1.807) is 12.3 Å². The SMILES string of the molecule is NC(=S)c1ccnc(/C=C/c2ccc(Cl)cc2)c1. The summed E-state index contributed by atoms with van der Waals surface area (Å²) in [6, 6.07) is 11.2. The number of halogens is 1. The molecule has 0 fully saturated rings. The summed E-state index contributed by atoms with van der Waals surface area (Å²) in [5, 5.41) is 0.723. The maximum Gasteiger partial charge on any atom is 0.104 e. The lowest BCUT2D eigenvalue weighted by atomic mass is 10.1. The molecule has 2 rings (SSSR count). The zero-order valence-corrected chi connectivity index (χ0v) is 11.1. The first-order valence-corrected chi connectivity index (χ1v) is 6.13. The van der Waals surface area contributed by atoms with Gasteiger partial charge in [-0.2, -0.15) is 0 Å². The van der Waals surface area contributed by atoms with Crippen molar-refractivity contribution in [2.24, 2.45) is 5.73 Å². The highest BCUT2D eigenvalue weighted by molar-refractivity contribution is 7.80. The minimum absolute atomic E-state index is 0.374. The van der Waals surface area contributed by atoms with E-state index >= 15 is 0 Å². The molecule has 0 aliphatic rings. The molecule has 0 saturated heterocycles. The molecule has 0 aliphatic heterocycles. The van der Waals surface area contributed by atoms with Gasteiger partial charge >= 0.3 is 0 Å². The summed E-state index contributed by atoms with van der Waals surface area (Å²) in [6.45, 7) is 0. The lowest BCUT2D eigenvalue weighted by Gasteiger charge is -1.99. The van der Waals surface area contributed by atoms with E-state index in [1.165, 1.54) is 0 Å². The predicted molar refractivity (Wildman–Crippen MR) is 80.5 cm³/mol. The molecule has 0 saturated carbocycles. The van der Waals surface area contributed by atoms with Crippen molar-refractivity contribution < 1.29 is 0 Å². The highest BCUT2D eigenvalue weighted by atomic mass is 35.5. The molecule has 90 valence electrons. The van der Waals surface area contributed by atoms with Crippen molar-refractivity contribution in [3.05, 3.63) is 64.4 Å². The average molecular weight is 275 g/mol. The molecular weight excluding hydrogens is 264 g/mol. The number of thiocarbonyl (C=S) groups is 1. The van der Waals surface area contributed by atoms with Crippen molar-refractivity contribution in [3.8, 4) is 0 Å². The van der Waals surface area contributed by atoms with Crippen LogP contribution in [0.4, 0.5) is 0 Å². The van der Waals surface area contributed by atoms with Gasteiger partial charge in [0.1, 0.15) is 4.99 Å². The van der Waals surface area contributed by atoms with Crippen LogP contribution < -0.4 is 5.73 Å². The van der Waals surface area contributed by atoms with Crippen molar-refractivity contribution in [1.82, 2.24) is 4.98 Å². The molecular formula is C14H11ClN2S. The van der Waals surface area contributed by atoms with E-state index in [0.717, 1.165) is 21.8 Å². The molecule has 0 spiro atoms. The van der Waals surface area contributed by atoms with E-state index < -0.39 is 0 Å². The Morgan fingerprint density at radius 1 is 1.17 bits per heavy atom. The molecule has 0 unspecified atom stereocenters. The predicted octanol–water partition coefficient (Wildman–Crippen LogP) is 3.54. The topological polar surface area (TPSA) is 38.9 Å². The maximum absolute atomic E-state index is 5.82. The van der Waals surface area contributed by atoms with Gasteiger partial charge in [-0.25, -0.2) is 0 Å². The Hall–Kier alpha value is -1.71. The quantitative estimate of drug-likeness (QED) is 0.870. The van der Waals surface area contributed by atoms with Gasteiger partial charge in [0.25, 0.3) is 0 Å². The molecule has 0 aliphatic carbocycles. The van der Waals surface area contributed by atoms with Crippen LogP contribution in [0.2, 0.25) is 5.02 Å². The summed E-state index contributed by atoms with van der Waals surface area (Å²) >= 11 is 10.7. The third-order valence-electron chi connectivity index (χ3n) is 2.38. The van der Waals surface area contributed by atoms with Gasteiger partial charge in [0.05, 0.1) is 5.69 Å². The normalized spacial score (nSPS) is 10.7. The largest absolute Gasteiger partial charge is 0.389 e. The second-order valence-electron chi connectivity index (χ2n) is 3.72. The summed E-state index contributed by atoms with van der Waals surface area (Å²) in [5.41, 5.74) is 8.26. The standard InChI is InChI=1S/C14H11ClN2S/c15-12-4-1-10(2-5-12)3-6-13-9-11(14(16)18)7-8-17-13/h1-9H,(H2,16,18)/b6-3+. The molecule has 0 bridgehead atoms. The summed E-state index contributed by atoms with van der Waals surface area (Å²) in [5.74, 6) is 0. The summed E-state index contributed by atoms with van der Waals surface area (Å²) in [7, 11) is 0. The highest BCUT2D eigenvalue weighted by Gasteiger charge is 1.97. The summed E-state index contributed by atoms with van der Waals surface area (Å²) < 4.78 is 0. The maximum atomic E-state index is 5.82. The lowest BCUT2D eigenvalue weighted by Crippen LogP contribution is -2.09. The molecule has 0 atom stereocenters. The first kappa shape index (κ1) is 12.7. The van der Waals surface area contributed by atoms with Gasteiger partial charge in [-0.05, 0) is 35.9 Å². The van der Waals surface area contributed by atoms with Crippen LogP contribution in [0, 0.1) is 0 Å². The Kier molecular flexibility index (Phi) is 4.07. The van der Waals surface area contributed by atoms with Gasteiger partial charge in [-0.1, -0.05) is 42.0 Å². The minimum atomic E-state index is 0.374. The Morgan fingerprint density at radius 2 is 1.89 bits per heavy atom. The first-order chi connectivity index (χ1) is 8.65. The Morgan fingerprint density at radius 3 is 2.56 bits per heavy atom. The fraction of sp³-hybridized carbons (Fsp3) is 0. The Labute approximate surface area is 116 Å². The summed E-state index contributed by atoms with van der Waals surface area (Å²) in [4.78, 5) is 4.60. The van der Waals surface area contributed by atoms with Crippen molar-refractivity contribution >= 4 is 41.0 Å². The molecule has 18 heavy (non-hydrogen) atoms. The second-order valence-corrected chi connectivity index (χ2v) is 4.59. The van der Waals surface area contributed by atoms with Crippen LogP contribution in [0.1, 0.15) is 16.8 Å². The third kappa shape index (κ3) is 3.39. The van der Waals surface area contributed by atoms with Crippen LogP contribution >= 0.6 is 23.8 Å². The number of rotatable bonds is 3. The molecule has 2 aromatic rings. The number of hydrogen-bond donors (Lipinski definition) is 1. The third-order valence-corrected chi connectivity index (χ3v) is 2.87. The molecule has 1 aromatic carbocycles. The van der Waals surface area contributed by atoms with Gasteiger partial charge in [-0.3, -0.25) is 4.98 Å². The van der Waals surface area contributed by atoms with E-state index in [-0.39, 0.29) is 0 Å². The fourth-order valence-electron chi connectivity index (χ4n) is 1.45. The van der Waals surface area contributed by atoms with E-state index in [2.05, 4.69) is 4.98 Å². The van der Waals surface area contributed by atoms with E-state index in [0.29, 0.717) is 4.99 Å². The molecule has 4 heteroatoms. The second kappa shape index (κ2) is 5.76. The number of nitrogens with two attached hydrogens (primary N) is 1. The number of aromatic nitrogens is 1. The highest BCUT2D eigenvalue weighted by Crippen LogP contribution is 2.12. The van der Waals surface area contributed by atoms with Crippen LogP contribution in [0.15, 0.2) is 42.6 Å². The Bertz CT molecular complexity index is 591. The van der Waals surface area contributed by atoms with Gasteiger partial charge in [0, 0.05) is 16.8 Å². The van der Waals surface area contributed by atoms with Crippen LogP contribution in [0.3, 0.4) is 0 Å². The molecule has 0 radical (unpaired) electrons. The number of hydrogen-bond acceptors (Lipinski definition) is 2. The molecule has 1 aromatic heterocycles. The van der Waals surface area contributed by atoms with E-state index in [9.17, 15) is 0 Å². The van der Waals surface area contributed by atoms with Crippen molar-refractivity contribution in [3.63, 3.8) is 0 Å². The molecule has 1 heterocycles. The zero-order valence-electron chi connectivity index (χ0n) is 9.51.